The first-order valence-corrected chi connectivity index (χ1v) is 14.6. The maximum Gasteiger partial charge on any atom is 0.227 e. The normalized spacial score (nSPS) is 12.3. The van der Waals surface area contributed by atoms with Crippen LogP contribution in [-0.2, 0) is 35.4 Å². The second-order valence-electron chi connectivity index (χ2n) is 10.6. The fourth-order valence-corrected chi connectivity index (χ4v) is 4.91. The monoisotopic (exact) mass is 590 g/mol. The molecule has 2 atom stereocenters. The van der Waals surface area contributed by atoms with Crippen molar-refractivity contribution in [2.45, 2.75) is 64.6 Å². The first kappa shape index (κ1) is 33.4. The second-order valence-corrected chi connectivity index (χ2v) is 10.6. The van der Waals surface area contributed by atoms with Crippen molar-refractivity contribution < 1.29 is 23.5 Å². The molecular formula is C34H40F2N4O3. The Balaban J connectivity index is 1.67. The molecule has 0 aliphatic carbocycles. The molecule has 9 heteroatoms. The van der Waals surface area contributed by atoms with Crippen LogP contribution in [0.15, 0.2) is 60.9 Å². The van der Waals surface area contributed by atoms with E-state index in [9.17, 15) is 23.5 Å². The molecule has 3 rings (SSSR count). The molecule has 7 nitrogen and oxygen atoms in total. The van der Waals surface area contributed by atoms with Crippen LogP contribution in [0.1, 0.15) is 54.5 Å². The predicted molar refractivity (Wildman–Crippen MR) is 163 cm³/mol. The number of hydrogen-bond donors (Lipinski definition) is 3. The van der Waals surface area contributed by atoms with Gasteiger partial charge in [0.2, 0.25) is 11.8 Å². The highest BCUT2D eigenvalue weighted by Crippen LogP contribution is 2.13. The van der Waals surface area contributed by atoms with Crippen molar-refractivity contribution >= 4 is 11.8 Å². The Morgan fingerprint density at radius 2 is 1.63 bits per heavy atom. The number of nitrogens with zero attached hydrogens (tertiary/aromatic N) is 2. The Bertz CT molecular complexity index is 1380. The summed E-state index contributed by atoms with van der Waals surface area (Å²) in [5.74, 6) is 0.713. The van der Waals surface area contributed by atoms with Gasteiger partial charge in [-0.05, 0) is 65.8 Å². The highest BCUT2D eigenvalue weighted by atomic mass is 19.1. The molecule has 0 fully saturated rings. The molecule has 0 radical (unpaired) electrons. The van der Waals surface area contributed by atoms with Crippen molar-refractivity contribution in [1.29, 1.82) is 0 Å². The molecule has 0 aliphatic rings. The van der Waals surface area contributed by atoms with Crippen molar-refractivity contribution in [1.82, 2.24) is 20.5 Å². The molecule has 228 valence electrons. The number of aliphatic hydroxyl groups excluding tert-OH is 1. The van der Waals surface area contributed by atoms with E-state index in [0.717, 1.165) is 30.0 Å². The zero-order chi connectivity index (χ0) is 31.2. The molecule has 0 unspecified atom stereocenters. The summed E-state index contributed by atoms with van der Waals surface area (Å²) >= 11 is 0. The van der Waals surface area contributed by atoms with Crippen LogP contribution in [0.4, 0.5) is 8.78 Å². The summed E-state index contributed by atoms with van der Waals surface area (Å²) in [6.07, 6.45) is 9.46. The zero-order valence-corrected chi connectivity index (χ0v) is 24.8. The van der Waals surface area contributed by atoms with Gasteiger partial charge in [0.1, 0.15) is 11.6 Å². The molecule has 0 bridgehead atoms. The van der Waals surface area contributed by atoms with E-state index in [1.165, 1.54) is 12.1 Å². The SMILES string of the molecule is C#Cc1cccc(CNC[C@@H](O)[C@H](Cc2cc(F)cc(F)c2)NC(=O)Cc2cncc(CC(=O)N(CCC)CCC)c2)c1. The number of carbonyl (C=O) groups excluding carboxylic acids is 2. The van der Waals surface area contributed by atoms with Crippen LogP contribution >= 0.6 is 0 Å². The van der Waals surface area contributed by atoms with E-state index in [2.05, 4.69) is 21.5 Å². The molecule has 0 spiro atoms. The first-order chi connectivity index (χ1) is 20.7. The third-order valence-electron chi connectivity index (χ3n) is 6.88. The third-order valence-corrected chi connectivity index (χ3v) is 6.88. The van der Waals surface area contributed by atoms with Gasteiger partial charge in [-0.2, -0.15) is 0 Å². The van der Waals surface area contributed by atoms with E-state index < -0.39 is 29.7 Å². The van der Waals surface area contributed by atoms with Gasteiger partial charge in [0.05, 0.1) is 25.0 Å². The number of carbonyl (C=O) groups is 2. The van der Waals surface area contributed by atoms with Crippen LogP contribution in [-0.4, -0.2) is 58.6 Å². The molecule has 0 saturated heterocycles. The number of terminal acetylenes is 1. The predicted octanol–water partition coefficient (Wildman–Crippen LogP) is 3.95. The van der Waals surface area contributed by atoms with Crippen molar-refractivity contribution in [3.05, 3.63) is 100 Å². The van der Waals surface area contributed by atoms with Crippen LogP contribution in [0, 0.1) is 24.0 Å². The van der Waals surface area contributed by atoms with Crippen molar-refractivity contribution in [3.63, 3.8) is 0 Å². The van der Waals surface area contributed by atoms with Gasteiger partial charge in [-0.25, -0.2) is 8.78 Å². The maximum absolute atomic E-state index is 13.9. The quantitative estimate of drug-likeness (QED) is 0.220. The summed E-state index contributed by atoms with van der Waals surface area (Å²) in [6, 6.07) is 11.5. The highest BCUT2D eigenvalue weighted by Gasteiger charge is 2.23. The van der Waals surface area contributed by atoms with Crippen molar-refractivity contribution in [2.75, 3.05) is 19.6 Å². The Hall–Kier alpha value is -4.13. The fourth-order valence-electron chi connectivity index (χ4n) is 4.91. The lowest BCUT2D eigenvalue weighted by Gasteiger charge is -2.25. The number of pyridine rings is 1. The van der Waals surface area contributed by atoms with E-state index in [4.69, 9.17) is 6.42 Å². The number of halogens is 2. The molecule has 1 heterocycles. The summed E-state index contributed by atoms with van der Waals surface area (Å²) in [7, 11) is 0. The number of rotatable bonds is 16. The molecule has 1 aromatic heterocycles. The van der Waals surface area contributed by atoms with Crippen LogP contribution < -0.4 is 10.6 Å². The topological polar surface area (TPSA) is 94.6 Å². The summed E-state index contributed by atoms with van der Waals surface area (Å²) in [5, 5.41) is 17.0. The van der Waals surface area contributed by atoms with Gasteiger partial charge < -0.3 is 20.6 Å². The Morgan fingerprint density at radius 1 is 0.953 bits per heavy atom. The number of amides is 2. The standard InChI is InChI=1S/C34H40F2N4O3/c1-4-10-40(11-5-2)34(43)18-28-13-27(21-37-22-28)17-33(42)39-31(16-26-14-29(35)19-30(36)15-26)32(41)23-38-20-25-9-7-8-24(6-3)12-25/h3,7-9,12-15,19,21-22,31-32,38,41H,4-5,10-11,16-18,20,23H2,1-2H3,(H,39,42)/t31-,32+/m0/s1. The summed E-state index contributed by atoms with van der Waals surface area (Å²) in [5.41, 5.74) is 3.28. The van der Waals surface area contributed by atoms with Crippen LogP contribution in [0.5, 0.6) is 0 Å². The van der Waals surface area contributed by atoms with Gasteiger partial charge in [-0.1, -0.05) is 38.0 Å². The minimum absolute atomic E-state index is 0.00727. The van der Waals surface area contributed by atoms with Gasteiger partial charge >= 0.3 is 0 Å². The van der Waals surface area contributed by atoms with Gasteiger partial charge in [0.25, 0.3) is 0 Å². The van der Waals surface area contributed by atoms with Gasteiger partial charge in [0.15, 0.2) is 0 Å². The largest absolute Gasteiger partial charge is 0.390 e. The lowest BCUT2D eigenvalue weighted by Crippen LogP contribution is -2.49. The second kappa shape index (κ2) is 17.1. The van der Waals surface area contributed by atoms with Crippen molar-refractivity contribution in [2.24, 2.45) is 0 Å². The minimum atomic E-state index is -1.07. The Kier molecular flexibility index (Phi) is 13.3. The Morgan fingerprint density at radius 3 is 2.28 bits per heavy atom. The van der Waals surface area contributed by atoms with E-state index in [0.29, 0.717) is 36.3 Å². The van der Waals surface area contributed by atoms with E-state index >= 15 is 0 Å². The van der Waals surface area contributed by atoms with E-state index in [1.54, 1.807) is 18.5 Å². The van der Waals surface area contributed by atoms with Gasteiger partial charge in [0, 0.05) is 50.2 Å². The third kappa shape index (κ3) is 11.2. The average Bonchev–Trinajstić information content (AvgIpc) is 2.96. The molecule has 2 aromatic carbocycles. The van der Waals surface area contributed by atoms with E-state index in [-0.39, 0.29) is 31.7 Å². The number of nitrogens with one attached hydrogen (secondary N) is 2. The number of aromatic nitrogens is 1. The molecule has 0 aliphatic heterocycles. The minimum Gasteiger partial charge on any atom is -0.390 e. The molecule has 0 saturated carbocycles. The van der Waals surface area contributed by atoms with Crippen molar-refractivity contribution in [3.8, 4) is 12.3 Å². The molecular weight excluding hydrogens is 550 g/mol. The lowest BCUT2D eigenvalue weighted by molar-refractivity contribution is -0.130. The molecule has 3 N–H and O–H groups in total. The summed E-state index contributed by atoms with van der Waals surface area (Å²) < 4.78 is 27.8. The van der Waals surface area contributed by atoms with Gasteiger partial charge in [-0.15, -0.1) is 6.42 Å². The van der Waals surface area contributed by atoms with Crippen LogP contribution in [0.3, 0.4) is 0 Å². The molecule has 43 heavy (non-hydrogen) atoms. The Labute approximate surface area is 252 Å². The summed E-state index contributed by atoms with van der Waals surface area (Å²) in [6.45, 7) is 5.96. The van der Waals surface area contributed by atoms with E-state index in [1.807, 2.05) is 43.0 Å². The lowest BCUT2D eigenvalue weighted by atomic mass is 10.00. The van der Waals surface area contributed by atoms with Gasteiger partial charge in [-0.3, -0.25) is 14.6 Å². The van der Waals surface area contributed by atoms with Crippen LogP contribution in [0.25, 0.3) is 0 Å². The first-order valence-electron chi connectivity index (χ1n) is 14.6. The van der Waals surface area contributed by atoms with Crippen LogP contribution in [0.2, 0.25) is 0 Å². The number of aliphatic hydroxyl groups is 1. The smallest absolute Gasteiger partial charge is 0.227 e. The zero-order valence-electron chi connectivity index (χ0n) is 24.8. The number of hydrogen-bond acceptors (Lipinski definition) is 5. The summed E-state index contributed by atoms with van der Waals surface area (Å²) in [4.78, 5) is 32.0. The maximum atomic E-state index is 13.9. The fraction of sp³-hybridized carbons (Fsp3) is 0.382. The number of benzene rings is 2. The highest BCUT2D eigenvalue weighted by molar-refractivity contribution is 5.80. The molecule has 2 amide bonds. The molecule has 3 aromatic rings. The average molecular weight is 591 g/mol.